The molecule has 0 aliphatic rings. The van der Waals surface area contributed by atoms with Crippen LogP contribution in [0.15, 0.2) is 24.3 Å². The molecular formula is C19H31N3O2. The van der Waals surface area contributed by atoms with Crippen LogP contribution in [-0.4, -0.2) is 36.5 Å². The van der Waals surface area contributed by atoms with E-state index in [-0.39, 0.29) is 11.9 Å². The largest absolute Gasteiger partial charge is 0.338 e. The zero-order chi connectivity index (χ0) is 18.3. The fraction of sp³-hybridized carbons (Fsp3) is 0.579. The Morgan fingerprint density at radius 1 is 1.04 bits per heavy atom. The van der Waals surface area contributed by atoms with Crippen LogP contribution in [0.2, 0.25) is 0 Å². The molecule has 0 heterocycles. The Labute approximate surface area is 145 Å². The number of nitrogens with zero attached hydrogens (tertiary/aromatic N) is 1. The molecule has 1 unspecified atom stereocenters. The van der Waals surface area contributed by atoms with Crippen LogP contribution in [-0.2, 0) is 11.3 Å². The fourth-order valence-corrected chi connectivity index (χ4v) is 2.19. The standard InChI is InChI=1S/C19H31N3O2/c1-13(2)11-20-19(24)21-18(23)15(5)22(6)12-16-7-9-17(10-8-16)14(3)4/h7-10,13-15H,11-12H2,1-6H3,(H2,20,21,23,24). The van der Waals surface area contributed by atoms with Gasteiger partial charge in [0.1, 0.15) is 0 Å². The van der Waals surface area contributed by atoms with Crippen molar-refractivity contribution in [2.45, 2.75) is 53.1 Å². The van der Waals surface area contributed by atoms with Gasteiger partial charge in [0, 0.05) is 13.1 Å². The van der Waals surface area contributed by atoms with Gasteiger partial charge in [0.15, 0.2) is 0 Å². The molecule has 0 bridgehead atoms. The molecule has 0 radical (unpaired) electrons. The van der Waals surface area contributed by atoms with Gasteiger partial charge in [-0.3, -0.25) is 15.0 Å². The normalized spacial score (nSPS) is 12.5. The molecule has 0 spiro atoms. The summed E-state index contributed by atoms with van der Waals surface area (Å²) in [6.45, 7) is 11.3. The van der Waals surface area contributed by atoms with E-state index in [9.17, 15) is 9.59 Å². The Balaban J connectivity index is 2.52. The molecule has 0 aliphatic heterocycles. The third-order valence-electron chi connectivity index (χ3n) is 4.03. The quantitative estimate of drug-likeness (QED) is 0.806. The number of imide groups is 1. The summed E-state index contributed by atoms with van der Waals surface area (Å²) in [5, 5.41) is 5.08. The molecule has 0 fully saturated rings. The predicted octanol–water partition coefficient (Wildman–Crippen LogP) is 3.11. The van der Waals surface area contributed by atoms with Gasteiger partial charge in [-0.05, 0) is 36.9 Å². The fourth-order valence-electron chi connectivity index (χ4n) is 2.19. The Hall–Kier alpha value is -1.88. The maximum Gasteiger partial charge on any atom is 0.321 e. The first-order chi connectivity index (χ1) is 11.2. The van der Waals surface area contributed by atoms with Crippen LogP contribution in [0.5, 0.6) is 0 Å². The highest BCUT2D eigenvalue weighted by Gasteiger charge is 2.20. The minimum Gasteiger partial charge on any atom is -0.338 e. The van der Waals surface area contributed by atoms with Crippen LogP contribution in [0.25, 0.3) is 0 Å². The monoisotopic (exact) mass is 333 g/mol. The Morgan fingerprint density at radius 2 is 1.62 bits per heavy atom. The molecule has 1 aromatic rings. The summed E-state index contributed by atoms with van der Waals surface area (Å²) in [6, 6.07) is 7.60. The molecule has 2 N–H and O–H groups in total. The Morgan fingerprint density at radius 3 is 2.12 bits per heavy atom. The summed E-state index contributed by atoms with van der Waals surface area (Å²) in [5.74, 6) is 0.558. The summed E-state index contributed by atoms with van der Waals surface area (Å²) in [6.07, 6.45) is 0. The van der Waals surface area contributed by atoms with E-state index < -0.39 is 6.03 Å². The highest BCUT2D eigenvalue weighted by Crippen LogP contribution is 2.15. The molecule has 5 nitrogen and oxygen atoms in total. The zero-order valence-corrected chi connectivity index (χ0v) is 15.7. The SMILES string of the molecule is CC(C)CNC(=O)NC(=O)C(C)N(C)Cc1ccc(C(C)C)cc1. The average molecular weight is 333 g/mol. The number of urea groups is 1. The molecule has 0 saturated carbocycles. The number of rotatable bonds is 7. The first-order valence-electron chi connectivity index (χ1n) is 8.58. The molecule has 5 heteroatoms. The van der Waals surface area contributed by atoms with E-state index in [1.807, 2.05) is 25.8 Å². The average Bonchev–Trinajstić information content (AvgIpc) is 2.52. The number of likely N-dealkylation sites (N-methyl/N-ethyl adjacent to an activating group) is 1. The number of amides is 3. The van der Waals surface area contributed by atoms with Gasteiger partial charge < -0.3 is 5.32 Å². The number of benzene rings is 1. The lowest BCUT2D eigenvalue weighted by Gasteiger charge is -2.24. The lowest BCUT2D eigenvalue weighted by Crippen LogP contribution is -2.48. The molecule has 1 aromatic carbocycles. The van der Waals surface area contributed by atoms with Gasteiger partial charge in [-0.2, -0.15) is 0 Å². The molecule has 1 atom stereocenters. The van der Waals surface area contributed by atoms with E-state index >= 15 is 0 Å². The predicted molar refractivity (Wildman–Crippen MR) is 97.8 cm³/mol. The minimum atomic E-state index is -0.435. The van der Waals surface area contributed by atoms with E-state index in [4.69, 9.17) is 0 Å². The van der Waals surface area contributed by atoms with E-state index in [0.29, 0.717) is 24.9 Å². The summed E-state index contributed by atoms with van der Waals surface area (Å²) < 4.78 is 0. The highest BCUT2D eigenvalue weighted by atomic mass is 16.2. The lowest BCUT2D eigenvalue weighted by atomic mass is 10.0. The molecular weight excluding hydrogens is 302 g/mol. The smallest absolute Gasteiger partial charge is 0.321 e. The van der Waals surface area contributed by atoms with Gasteiger partial charge in [-0.25, -0.2) is 4.79 Å². The van der Waals surface area contributed by atoms with Gasteiger partial charge in [0.2, 0.25) is 5.91 Å². The second-order valence-electron chi connectivity index (χ2n) is 7.08. The Bertz CT molecular complexity index is 538. The van der Waals surface area contributed by atoms with Crippen molar-refractivity contribution in [1.29, 1.82) is 0 Å². The van der Waals surface area contributed by atoms with Crippen molar-refractivity contribution >= 4 is 11.9 Å². The number of carbonyl (C=O) groups is 2. The summed E-state index contributed by atoms with van der Waals surface area (Å²) in [7, 11) is 1.88. The van der Waals surface area contributed by atoms with Crippen molar-refractivity contribution in [2.75, 3.05) is 13.6 Å². The lowest BCUT2D eigenvalue weighted by molar-refractivity contribution is -0.124. The van der Waals surface area contributed by atoms with Gasteiger partial charge in [-0.15, -0.1) is 0 Å². The van der Waals surface area contributed by atoms with Crippen molar-refractivity contribution in [2.24, 2.45) is 5.92 Å². The van der Waals surface area contributed by atoms with E-state index in [1.54, 1.807) is 6.92 Å². The van der Waals surface area contributed by atoms with Crippen molar-refractivity contribution < 1.29 is 9.59 Å². The van der Waals surface area contributed by atoms with Crippen molar-refractivity contribution in [3.63, 3.8) is 0 Å². The summed E-state index contributed by atoms with van der Waals surface area (Å²) in [4.78, 5) is 25.8. The van der Waals surface area contributed by atoms with Crippen LogP contribution in [0.3, 0.4) is 0 Å². The second kappa shape index (κ2) is 9.42. The molecule has 134 valence electrons. The van der Waals surface area contributed by atoms with E-state index in [2.05, 4.69) is 48.7 Å². The second-order valence-corrected chi connectivity index (χ2v) is 7.08. The van der Waals surface area contributed by atoms with Crippen LogP contribution in [0.1, 0.15) is 51.7 Å². The maximum absolute atomic E-state index is 12.2. The van der Waals surface area contributed by atoms with Gasteiger partial charge in [0.25, 0.3) is 0 Å². The third-order valence-corrected chi connectivity index (χ3v) is 4.03. The van der Waals surface area contributed by atoms with Crippen LogP contribution in [0.4, 0.5) is 4.79 Å². The first-order valence-corrected chi connectivity index (χ1v) is 8.58. The minimum absolute atomic E-state index is 0.294. The number of nitrogens with one attached hydrogen (secondary N) is 2. The molecule has 24 heavy (non-hydrogen) atoms. The zero-order valence-electron chi connectivity index (χ0n) is 15.7. The molecule has 3 amide bonds. The summed E-state index contributed by atoms with van der Waals surface area (Å²) >= 11 is 0. The van der Waals surface area contributed by atoms with Crippen molar-refractivity contribution in [3.05, 3.63) is 35.4 Å². The van der Waals surface area contributed by atoms with E-state index in [1.165, 1.54) is 5.56 Å². The number of hydrogen-bond donors (Lipinski definition) is 2. The first kappa shape index (κ1) is 20.2. The van der Waals surface area contributed by atoms with Crippen LogP contribution < -0.4 is 10.6 Å². The molecule has 0 saturated heterocycles. The summed E-state index contributed by atoms with van der Waals surface area (Å²) in [5.41, 5.74) is 2.44. The van der Waals surface area contributed by atoms with Crippen molar-refractivity contribution in [1.82, 2.24) is 15.5 Å². The Kier molecular flexibility index (Phi) is 7.92. The van der Waals surface area contributed by atoms with Gasteiger partial charge in [-0.1, -0.05) is 52.0 Å². The topological polar surface area (TPSA) is 61.4 Å². The van der Waals surface area contributed by atoms with Crippen LogP contribution in [0, 0.1) is 5.92 Å². The molecule has 0 aromatic heterocycles. The van der Waals surface area contributed by atoms with Gasteiger partial charge in [0.05, 0.1) is 6.04 Å². The maximum atomic E-state index is 12.2. The number of hydrogen-bond acceptors (Lipinski definition) is 3. The van der Waals surface area contributed by atoms with Crippen molar-refractivity contribution in [3.8, 4) is 0 Å². The molecule has 1 rings (SSSR count). The van der Waals surface area contributed by atoms with Gasteiger partial charge >= 0.3 is 6.03 Å². The molecule has 0 aliphatic carbocycles. The third kappa shape index (κ3) is 6.71. The van der Waals surface area contributed by atoms with Crippen LogP contribution >= 0.6 is 0 Å². The highest BCUT2D eigenvalue weighted by molar-refractivity contribution is 5.96. The number of carbonyl (C=O) groups excluding carboxylic acids is 2. The van der Waals surface area contributed by atoms with E-state index in [0.717, 1.165) is 5.56 Å².